The molecule has 4 rings (SSSR count). The van der Waals surface area contributed by atoms with Crippen molar-refractivity contribution in [2.75, 3.05) is 12.0 Å². The Morgan fingerprint density at radius 2 is 1.72 bits per heavy atom. The van der Waals surface area contributed by atoms with Gasteiger partial charge in [0.25, 0.3) is 11.8 Å². The molecule has 0 aromatic heterocycles. The monoisotopic (exact) mass is 508 g/mol. The number of nitrogens with one attached hydrogen (secondary N) is 1. The maximum absolute atomic E-state index is 14.0. The largest absolute Gasteiger partial charge is 0.493 e. The number of amides is 4. The van der Waals surface area contributed by atoms with E-state index in [1.807, 2.05) is 6.92 Å². The summed E-state index contributed by atoms with van der Waals surface area (Å²) in [5.74, 6) is -1.61. The third-order valence-corrected chi connectivity index (χ3v) is 5.89. The van der Waals surface area contributed by atoms with Crippen LogP contribution in [0.25, 0.3) is 6.08 Å². The number of barbiturate groups is 1. The number of aryl methyl sites for hydroxylation is 1. The van der Waals surface area contributed by atoms with Gasteiger partial charge in [-0.1, -0.05) is 54.9 Å². The molecule has 0 bridgehead atoms. The first kappa shape index (κ1) is 24.9. The number of benzene rings is 3. The lowest BCUT2D eigenvalue weighted by atomic mass is 10.0. The summed E-state index contributed by atoms with van der Waals surface area (Å²) >= 11 is 6.42. The van der Waals surface area contributed by atoms with Gasteiger partial charge in [0.15, 0.2) is 11.5 Å². The second-order valence-corrected chi connectivity index (χ2v) is 8.26. The highest BCUT2D eigenvalue weighted by atomic mass is 35.5. The van der Waals surface area contributed by atoms with Crippen LogP contribution in [-0.2, 0) is 22.6 Å². The maximum Gasteiger partial charge on any atom is 0.335 e. The number of hydrogen-bond donors (Lipinski definition) is 1. The molecule has 1 N–H and O–H groups in total. The Kier molecular flexibility index (Phi) is 7.36. The fourth-order valence-corrected chi connectivity index (χ4v) is 4.07. The zero-order valence-electron chi connectivity index (χ0n) is 19.5. The summed E-state index contributed by atoms with van der Waals surface area (Å²) in [5, 5.41) is 2.34. The molecular formula is C27H22ClFN2O5. The molecule has 9 heteroatoms. The van der Waals surface area contributed by atoms with E-state index in [0.29, 0.717) is 23.2 Å². The van der Waals surface area contributed by atoms with Crippen LogP contribution in [0.3, 0.4) is 0 Å². The first-order valence-electron chi connectivity index (χ1n) is 11.1. The number of ether oxygens (including phenoxy) is 2. The van der Waals surface area contributed by atoms with E-state index in [1.54, 1.807) is 42.5 Å². The van der Waals surface area contributed by atoms with Crippen molar-refractivity contribution in [1.82, 2.24) is 5.32 Å². The number of nitrogens with zero attached hydrogens (tertiary/aromatic N) is 1. The van der Waals surface area contributed by atoms with E-state index in [1.165, 1.54) is 31.4 Å². The molecule has 184 valence electrons. The average Bonchev–Trinajstić information content (AvgIpc) is 2.86. The number of imide groups is 2. The van der Waals surface area contributed by atoms with Gasteiger partial charge in [0.1, 0.15) is 18.0 Å². The second-order valence-electron chi connectivity index (χ2n) is 7.85. The van der Waals surface area contributed by atoms with Gasteiger partial charge < -0.3 is 9.47 Å². The van der Waals surface area contributed by atoms with Crippen molar-refractivity contribution in [3.8, 4) is 11.5 Å². The Labute approximate surface area is 212 Å². The van der Waals surface area contributed by atoms with E-state index in [-0.39, 0.29) is 28.7 Å². The highest BCUT2D eigenvalue weighted by molar-refractivity contribution is 6.39. The molecule has 4 amide bonds. The first-order chi connectivity index (χ1) is 17.3. The molecule has 0 radical (unpaired) electrons. The zero-order chi connectivity index (χ0) is 25.8. The Morgan fingerprint density at radius 1 is 1.03 bits per heavy atom. The van der Waals surface area contributed by atoms with Crippen molar-refractivity contribution in [3.05, 3.63) is 93.8 Å². The van der Waals surface area contributed by atoms with Crippen molar-refractivity contribution in [3.63, 3.8) is 0 Å². The normalized spacial score (nSPS) is 14.7. The lowest BCUT2D eigenvalue weighted by molar-refractivity contribution is -0.122. The van der Waals surface area contributed by atoms with Crippen molar-refractivity contribution in [2.45, 2.75) is 20.0 Å². The van der Waals surface area contributed by atoms with Gasteiger partial charge in [-0.25, -0.2) is 14.1 Å². The summed E-state index contributed by atoms with van der Waals surface area (Å²) in [6.45, 7) is 1.81. The van der Waals surface area contributed by atoms with Gasteiger partial charge in [-0.3, -0.25) is 14.9 Å². The molecule has 1 aliphatic heterocycles. The molecule has 1 aliphatic rings. The van der Waals surface area contributed by atoms with Gasteiger partial charge in [0.05, 0.1) is 17.8 Å². The Hall–Kier alpha value is -4.17. The Bertz CT molecular complexity index is 1390. The van der Waals surface area contributed by atoms with Crippen LogP contribution in [0.5, 0.6) is 11.5 Å². The van der Waals surface area contributed by atoms with Crippen LogP contribution in [0, 0.1) is 5.82 Å². The SMILES string of the molecule is CCc1ccccc1N1C(=O)NC(=O)/C(=C/c2cc(Cl)c(OCc3ccccc3F)c(OC)c2)C1=O. The predicted molar refractivity (Wildman–Crippen MR) is 134 cm³/mol. The van der Waals surface area contributed by atoms with E-state index in [2.05, 4.69) is 5.32 Å². The molecule has 1 heterocycles. The number of para-hydroxylation sites is 1. The highest BCUT2D eigenvalue weighted by Crippen LogP contribution is 2.38. The standard InChI is InChI=1S/C27H22ClFN2O5/c1-3-17-8-5-7-11-22(17)31-26(33)19(25(32)30-27(31)34)12-16-13-20(28)24(23(14-16)35-2)36-15-18-9-4-6-10-21(18)29/h4-14H,3,15H2,1-2H3,(H,30,32,34)/b19-12-. The number of carbonyl (C=O) groups is 3. The van der Waals surface area contributed by atoms with Gasteiger partial charge >= 0.3 is 6.03 Å². The number of urea groups is 1. The summed E-state index contributed by atoms with van der Waals surface area (Å²) in [6, 6.07) is 15.3. The summed E-state index contributed by atoms with van der Waals surface area (Å²) in [5.41, 5.74) is 1.62. The van der Waals surface area contributed by atoms with E-state index >= 15 is 0 Å². The van der Waals surface area contributed by atoms with Gasteiger partial charge in [-0.15, -0.1) is 0 Å². The average molecular weight is 509 g/mol. The molecule has 3 aromatic rings. The van der Waals surface area contributed by atoms with Crippen LogP contribution in [-0.4, -0.2) is 25.0 Å². The molecule has 1 saturated heterocycles. The van der Waals surface area contributed by atoms with E-state index in [0.717, 1.165) is 10.5 Å². The minimum absolute atomic E-state index is 0.0853. The summed E-state index contributed by atoms with van der Waals surface area (Å²) in [6.07, 6.45) is 1.90. The van der Waals surface area contributed by atoms with Crippen molar-refractivity contribution < 1.29 is 28.2 Å². The Balaban J connectivity index is 1.67. The molecule has 0 spiro atoms. The number of halogens is 2. The van der Waals surface area contributed by atoms with Crippen molar-refractivity contribution in [1.29, 1.82) is 0 Å². The van der Waals surface area contributed by atoms with Gasteiger partial charge in [-0.05, 0) is 47.9 Å². The molecule has 0 unspecified atom stereocenters. The molecule has 0 atom stereocenters. The molecule has 7 nitrogen and oxygen atoms in total. The predicted octanol–water partition coefficient (Wildman–Crippen LogP) is 5.30. The fraction of sp³-hybridized carbons (Fsp3) is 0.148. The van der Waals surface area contributed by atoms with Crippen LogP contribution in [0.4, 0.5) is 14.9 Å². The van der Waals surface area contributed by atoms with Gasteiger partial charge in [0, 0.05) is 5.56 Å². The van der Waals surface area contributed by atoms with Crippen LogP contribution >= 0.6 is 11.6 Å². The van der Waals surface area contributed by atoms with Crippen LogP contribution in [0.15, 0.2) is 66.2 Å². The van der Waals surface area contributed by atoms with E-state index < -0.39 is 23.7 Å². The molecule has 3 aromatic carbocycles. The number of hydrogen-bond acceptors (Lipinski definition) is 5. The summed E-state index contributed by atoms with van der Waals surface area (Å²) in [4.78, 5) is 39.3. The third-order valence-electron chi connectivity index (χ3n) is 5.61. The van der Waals surface area contributed by atoms with Crippen molar-refractivity contribution >= 4 is 41.2 Å². The minimum Gasteiger partial charge on any atom is -0.493 e. The summed E-state index contributed by atoms with van der Waals surface area (Å²) < 4.78 is 25.0. The number of methoxy groups -OCH3 is 1. The van der Waals surface area contributed by atoms with Gasteiger partial charge in [-0.2, -0.15) is 0 Å². The molecule has 1 fully saturated rings. The van der Waals surface area contributed by atoms with E-state index in [9.17, 15) is 18.8 Å². The quantitative estimate of drug-likeness (QED) is 0.346. The molecule has 0 saturated carbocycles. The number of carbonyl (C=O) groups excluding carboxylic acids is 3. The van der Waals surface area contributed by atoms with Crippen molar-refractivity contribution in [2.24, 2.45) is 0 Å². The smallest absolute Gasteiger partial charge is 0.335 e. The molecular weight excluding hydrogens is 487 g/mol. The zero-order valence-corrected chi connectivity index (χ0v) is 20.3. The highest BCUT2D eigenvalue weighted by Gasteiger charge is 2.37. The lowest BCUT2D eigenvalue weighted by Gasteiger charge is -2.28. The lowest BCUT2D eigenvalue weighted by Crippen LogP contribution is -2.54. The first-order valence-corrected chi connectivity index (χ1v) is 11.4. The van der Waals surface area contributed by atoms with E-state index in [4.69, 9.17) is 21.1 Å². The number of anilines is 1. The molecule has 0 aliphatic carbocycles. The summed E-state index contributed by atoms with van der Waals surface area (Å²) in [7, 11) is 1.40. The molecule has 36 heavy (non-hydrogen) atoms. The fourth-order valence-electron chi connectivity index (χ4n) is 3.80. The van der Waals surface area contributed by atoms with Crippen LogP contribution in [0.1, 0.15) is 23.6 Å². The Morgan fingerprint density at radius 3 is 2.42 bits per heavy atom. The second kappa shape index (κ2) is 10.6. The maximum atomic E-state index is 14.0. The van der Waals surface area contributed by atoms with Crippen LogP contribution in [0.2, 0.25) is 5.02 Å². The van der Waals surface area contributed by atoms with Gasteiger partial charge in [0.2, 0.25) is 0 Å². The number of rotatable bonds is 7. The third kappa shape index (κ3) is 4.94. The minimum atomic E-state index is -0.829. The van der Waals surface area contributed by atoms with Crippen LogP contribution < -0.4 is 19.7 Å². The topological polar surface area (TPSA) is 84.9 Å².